The van der Waals surface area contributed by atoms with Crippen molar-refractivity contribution in [3.63, 3.8) is 0 Å². The van der Waals surface area contributed by atoms with E-state index < -0.39 is 0 Å². The largest absolute Gasteiger partial charge is 0.392 e. The fraction of sp³-hybridized carbons (Fsp3) is 1.00. The smallest absolute Gasteiger partial charge is 0.0668 e. The maximum atomic E-state index is 9.76. The minimum Gasteiger partial charge on any atom is -0.392 e. The normalized spacial score (nSPS) is 51.8. The van der Waals surface area contributed by atoms with Crippen LogP contribution in [-0.4, -0.2) is 17.3 Å². The van der Waals surface area contributed by atoms with Crippen LogP contribution in [0.5, 0.6) is 0 Å². The van der Waals surface area contributed by atoms with Crippen molar-refractivity contribution < 1.29 is 5.11 Å². The average molecular weight is 209 g/mol. The van der Waals surface area contributed by atoms with Crippen LogP contribution in [0.1, 0.15) is 45.4 Å². The minimum atomic E-state index is -0.332. The highest BCUT2D eigenvalue weighted by Gasteiger charge is 2.54. The highest BCUT2D eigenvalue weighted by Crippen LogP contribution is 2.61. The third-order valence-electron chi connectivity index (χ3n) is 5.31. The van der Waals surface area contributed by atoms with Gasteiger partial charge in [-0.3, -0.25) is 0 Å². The number of hydrogen-bond donors (Lipinski definition) is 2. The lowest BCUT2D eigenvalue weighted by molar-refractivity contribution is -0.0864. The summed E-state index contributed by atoms with van der Waals surface area (Å²) in [4.78, 5) is 0. The third-order valence-corrected chi connectivity index (χ3v) is 5.31. The molecule has 0 aromatic heterocycles. The van der Waals surface area contributed by atoms with Crippen molar-refractivity contribution in [2.24, 2.45) is 28.9 Å². The SMILES string of the molecule is C[C@H](O)[C@H](N)C12CC3CC(CC(C3)C1)C2. The van der Waals surface area contributed by atoms with Crippen LogP contribution < -0.4 is 5.73 Å². The zero-order valence-corrected chi connectivity index (χ0v) is 9.65. The summed E-state index contributed by atoms with van der Waals surface area (Å²) in [5, 5.41) is 9.76. The van der Waals surface area contributed by atoms with Crippen LogP contribution >= 0.6 is 0 Å². The molecule has 2 nitrogen and oxygen atoms in total. The van der Waals surface area contributed by atoms with Gasteiger partial charge in [0.05, 0.1) is 6.10 Å². The van der Waals surface area contributed by atoms with Gasteiger partial charge in [0.2, 0.25) is 0 Å². The van der Waals surface area contributed by atoms with Gasteiger partial charge in [-0.2, -0.15) is 0 Å². The third kappa shape index (κ3) is 1.45. The Bertz CT molecular complexity index is 226. The molecular formula is C13H23NO. The van der Waals surface area contributed by atoms with Gasteiger partial charge in [-0.05, 0) is 68.6 Å². The Balaban J connectivity index is 1.86. The summed E-state index contributed by atoms with van der Waals surface area (Å²) in [6.45, 7) is 1.86. The van der Waals surface area contributed by atoms with Crippen molar-refractivity contribution in [3.05, 3.63) is 0 Å². The Hall–Kier alpha value is -0.0800. The van der Waals surface area contributed by atoms with E-state index in [4.69, 9.17) is 5.73 Å². The molecule has 0 aromatic carbocycles. The van der Waals surface area contributed by atoms with Gasteiger partial charge in [-0.25, -0.2) is 0 Å². The van der Waals surface area contributed by atoms with Crippen LogP contribution in [0.3, 0.4) is 0 Å². The van der Waals surface area contributed by atoms with Crippen LogP contribution in [0, 0.1) is 23.2 Å². The summed E-state index contributed by atoms with van der Waals surface area (Å²) in [6, 6.07) is 0.0194. The second kappa shape index (κ2) is 3.21. The number of aliphatic hydroxyl groups is 1. The molecule has 0 heterocycles. The molecule has 2 atom stereocenters. The highest BCUT2D eigenvalue weighted by molar-refractivity contribution is 5.06. The van der Waals surface area contributed by atoms with Crippen molar-refractivity contribution in [3.8, 4) is 0 Å². The molecule has 0 aliphatic heterocycles. The standard InChI is InChI=1S/C13H23NO/c1-8(15)12(14)13-5-9-2-10(6-13)4-11(3-9)7-13/h8-12,15H,2-7,14H2,1H3/t8-,9?,10?,11?,12-,13?/m0/s1. The van der Waals surface area contributed by atoms with Gasteiger partial charge in [-0.1, -0.05) is 0 Å². The van der Waals surface area contributed by atoms with Crippen molar-refractivity contribution in [1.82, 2.24) is 0 Å². The molecule has 4 bridgehead atoms. The van der Waals surface area contributed by atoms with E-state index in [-0.39, 0.29) is 12.1 Å². The summed E-state index contributed by atoms with van der Waals surface area (Å²) < 4.78 is 0. The Kier molecular flexibility index (Phi) is 2.16. The molecule has 4 saturated carbocycles. The molecule has 0 spiro atoms. The quantitative estimate of drug-likeness (QED) is 0.730. The molecule has 15 heavy (non-hydrogen) atoms. The molecule has 4 aliphatic rings. The molecule has 0 unspecified atom stereocenters. The van der Waals surface area contributed by atoms with Gasteiger partial charge >= 0.3 is 0 Å². The predicted octanol–water partition coefficient (Wildman–Crippen LogP) is 1.91. The first kappa shape index (κ1) is 10.1. The Morgan fingerprint density at radius 2 is 1.47 bits per heavy atom. The van der Waals surface area contributed by atoms with Crippen LogP contribution in [0.15, 0.2) is 0 Å². The van der Waals surface area contributed by atoms with E-state index >= 15 is 0 Å². The molecule has 0 radical (unpaired) electrons. The lowest BCUT2D eigenvalue weighted by Crippen LogP contribution is -2.57. The molecule has 0 amide bonds. The zero-order chi connectivity index (χ0) is 10.6. The Morgan fingerprint density at radius 3 is 1.80 bits per heavy atom. The monoisotopic (exact) mass is 209 g/mol. The fourth-order valence-corrected chi connectivity index (χ4v) is 5.10. The van der Waals surface area contributed by atoms with Crippen molar-refractivity contribution in [2.45, 2.75) is 57.6 Å². The van der Waals surface area contributed by atoms with Crippen molar-refractivity contribution >= 4 is 0 Å². The summed E-state index contributed by atoms with van der Waals surface area (Å²) in [5.41, 5.74) is 6.57. The molecule has 4 fully saturated rings. The van der Waals surface area contributed by atoms with E-state index in [1.165, 1.54) is 38.5 Å². The number of rotatable bonds is 2. The van der Waals surface area contributed by atoms with Gasteiger partial charge in [0, 0.05) is 6.04 Å². The average Bonchev–Trinajstić information content (AvgIpc) is 2.14. The van der Waals surface area contributed by atoms with E-state index in [1.807, 2.05) is 6.92 Å². The van der Waals surface area contributed by atoms with Gasteiger partial charge in [-0.15, -0.1) is 0 Å². The first-order valence-corrected chi connectivity index (χ1v) is 6.53. The summed E-state index contributed by atoms with van der Waals surface area (Å²) in [7, 11) is 0. The predicted molar refractivity (Wildman–Crippen MR) is 60.3 cm³/mol. The molecule has 0 aromatic rings. The van der Waals surface area contributed by atoms with Crippen LogP contribution in [0.2, 0.25) is 0 Å². The van der Waals surface area contributed by atoms with Crippen LogP contribution in [0.25, 0.3) is 0 Å². The van der Waals surface area contributed by atoms with E-state index in [9.17, 15) is 5.11 Å². The molecule has 0 saturated heterocycles. The second-order valence-corrected chi connectivity index (χ2v) is 6.55. The molecule has 2 heteroatoms. The summed E-state index contributed by atoms with van der Waals surface area (Å²) in [6.07, 6.45) is 7.91. The van der Waals surface area contributed by atoms with Gasteiger partial charge < -0.3 is 10.8 Å². The summed E-state index contributed by atoms with van der Waals surface area (Å²) >= 11 is 0. The summed E-state index contributed by atoms with van der Waals surface area (Å²) in [5.74, 6) is 2.79. The Labute approximate surface area is 92.2 Å². The number of aliphatic hydroxyl groups excluding tert-OH is 1. The maximum Gasteiger partial charge on any atom is 0.0668 e. The van der Waals surface area contributed by atoms with Crippen LogP contribution in [0.4, 0.5) is 0 Å². The molecular weight excluding hydrogens is 186 g/mol. The molecule has 86 valence electrons. The number of nitrogens with two attached hydrogens (primary N) is 1. The molecule has 3 N–H and O–H groups in total. The van der Waals surface area contributed by atoms with Crippen molar-refractivity contribution in [2.75, 3.05) is 0 Å². The first-order valence-electron chi connectivity index (χ1n) is 6.53. The second-order valence-electron chi connectivity index (χ2n) is 6.55. The Morgan fingerprint density at radius 1 is 1.07 bits per heavy atom. The van der Waals surface area contributed by atoms with Crippen molar-refractivity contribution in [1.29, 1.82) is 0 Å². The van der Waals surface area contributed by atoms with E-state index in [0.717, 1.165) is 17.8 Å². The topological polar surface area (TPSA) is 46.2 Å². The maximum absolute atomic E-state index is 9.76. The van der Waals surface area contributed by atoms with Gasteiger partial charge in [0.25, 0.3) is 0 Å². The van der Waals surface area contributed by atoms with E-state index in [0.29, 0.717) is 5.41 Å². The lowest BCUT2D eigenvalue weighted by atomic mass is 9.47. The number of hydrogen-bond acceptors (Lipinski definition) is 2. The van der Waals surface area contributed by atoms with Crippen LogP contribution in [-0.2, 0) is 0 Å². The molecule has 4 rings (SSSR count). The zero-order valence-electron chi connectivity index (χ0n) is 9.65. The van der Waals surface area contributed by atoms with E-state index in [1.54, 1.807) is 0 Å². The van der Waals surface area contributed by atoms with Gasteiger partial charge in [0.15, 0.2) is 0 Å². The minimum absolute atomic E-state index is 0.0194. The first-order chi connectivity index (χ1) is 7.09. The lowest BCUT2D eigenvalue weighted by Gasteiger charge is -2.59. The fourth-order valence-electron chi connectivity index (χ4n) is 5.10. The van der Waals surface area contributed by atoms with E-state index in [2.05, 4.69) is 0 Å². The highest BCUT2D eigenvalue weighted by atomic mass is 16.3. The van der Waals surface area contributed by atoms with Gasteiger partial charge in [0.1, 0.15) is 0 Å². The molecule has 4 aliphatic carbocycles.